The van der Waals surface area contributed by atoms with Gasteiger partial charge in [-0.3, -0.25) is 43.2 Å². The number of hydrogen-bond acceptors (Lipinski definition) is 12. The first-order valence-corrected chi connectivity index (χ1v) is 19.4. The number of nitrogens with zero attached hydrogens (tertiary/aromatic N) is 2. The number of aliphatic carboxylic acids is 1. The highest BCUT2D eigenvalue weighted by Gasteiger charge is 2.42. The zero-order chi connectivity index (χ0) is 44.0. The third-order valence-electron chi connectivity index (χ3n) is 10.3. The molecule has 0 aromatic heterocycles. The van der Waals surface area contributed by atoms with E-state index in [1.54, 1.807) is 27.7 Å². The molecule has 0 unspecified atom stereocenters. The summed E-state index contributed by atoms with van der Waals surface area (Å²) < 4.78 is 0. The van der Waals surface area contributed by atoms with Gasteiger partial charge in [0.2, 0.25) is 53.2 Å². The summed E-state index contributed by atoms with van der Waals surface area (Å²) in [6.45, 7) is 7.49. The molecule has 0 radical (unpaired) electrons. The number of hydrogen-bond donors (Lipinski definition) is 10. The Morgan fingerprint density at radius 1 is 0.690 bits per heavy atom. The molecule has 2 fully saturated rings. The molecule has 0 aliphatic carbocycles. The van der Waals surface area contributed by atoms with E-state index in [0.717, 1.165) is 0 Å². The lowest BCUT2D eigenvalue weighted by molar-refractivity contribution is -0.145. The number of aliphatic hydroxyl groups is 1. The number of primary amides is 2. The molecular weight excluding hydrogens is 764 g/mol. The molecule has 22 heteroatoms. The predicted octanol–water partition coefficient (Wildman–Crippen LogP) is -4.34. The molecule has 0 spiro atoms. The number of carboxylic acids is 1. The van der Waals surface area contributed by atoms with Crippen LogP contribution in [0.4, 0.5) is 0 Å². The summed E-state index contributed by atoms with van der Waals surface area (Å²) in [5.74, 6) is -9.23. The van der Waals surface area contributed by atoms with E-state index in [-0.39, 0.29) is 38.8 Å². The number of nitrogens with two attached hydrogens (primary N) is 3. The number of likely N-dealkylation sites (tertiary alicyclic amines) is 2. The summed E-state index contributed by atoms with van der Waals surface area (Å²) in [6.07, 6.45) is 0.695. The summed E-state index contributed by atoms with van der Waals surface area (Å²) in [7, 11) is 0. The third-order valence-corrected chi connectivity index (χ3v) is 10.3. The first kappa shape index (κ1) is 48.8. The molecule has 0 bridgehead atoms. The molecule has 0 aromatic carbocycles. The molecule has 2 aliphatic rings. The van der Waals surface area contributed by atoms with Gasteiger partial charge in [-0.15, -0.1) is 0 Å². The molecule has 9 atom stereocenters. The van der Waals surface area contributed by atoms with E-state index in [1.807, 2.05) is 0 Å². The normalized spacial score (nSPS) is 20.1. The number of amides is 9. The van der Waals surface area contributed by atoms with Crippen molar-refractivity contribution >= 4 is 59.1 Å². The van der Waals surface area contributed by atoms with Crippen LogP contribution in [-0.2, 0) is 47.9 Å². The average molecular weight is 825 g/mol. The van der Waals surface area contributed by atoms with Gasteiger partial charge >= 0.3 is 5.97 Å². The minimum absolute atomic E-state index is 0.122. The molecule has 2 heterocycles. The van der Waals surface area contributed by atoms with E-state index >= 15 is 0 Å². The van der Waals surface area contributed by atoms with Crippen molar-refractivity contribution in [3.8, 4) is 0 Å². The van der Waals surface area contributed by atoms with Crippen molar-refractivity contribution in [2.75, 3.05) is 19.7 Å². The van der Waals surface area contributed by atoms with Crippen molar-refractivity contribution in [1.82, 2.24) is 36.4 Å². The van der Waals surface area contributed by atoms with E-state index in [0.29, 0.717) is 19.3 Å². The highest BCUT2D eigenvalue weighted by atomic mass is 16.4. The Kier molecular flexibility index (Phi) is 18.9. The maximum absolute atomic E-state index is 13.9. The molecule has 13 N–H and O–H groups in total. The second kappa shape index (κ2) is 22.5. The van der Waals surface area contributed by atoms with Gasteiger partial charge in [0.05, 0.1) is 19.1 Å². The number of rotatable bonds is 22. The van der Waals surface area contributed by atoms with Gasteiger partial charge in [-0.1, -0.05) is 34.1 Å². The largest absolute Gasteiger partial charge is 0.480 e. The van der Waals surface area contributed by atoms with Crippen LogP contribution >= 0.6 is 0 Å². The van der Waals surface area contributed by atoms with Crippen molar-refractivity contribution in [3.05, 3.63) is 0 Å². The lowest BCUT2D eigenvalue weighted by atomic mass is 9.96. The fraction of sp³-hybridized carbons (Fsp3) is 0.722. The topological polar surface area (TPSA) is 356 Å². The third kappa shape index (κ3) is 13.6. The number of carbonyl (C=O) groups excluding carboxylic acids is 9. The number of aliphatic hydroxyl groups excluding tert-OH is 1. The molecule has 0 aromatic rings. The van der Waals surface area contributed by atoms with Crippen molar-refractivity contribution in [2.24, 2.45) is 29.0 Å². The Labute approximate surface area is 336 Å². The standard InChI is InChI=1S/C36H60N10O12/c1-6-18(4)28(35(56)46-14-8-9-23(46)31(52)41-21(36(57)58)11-12-25(38)48)44-30(51)22(16-47)42-33(54)27(17(2)3)43-32(53)24-10-7-13-45(24)34(55)19(5)40-29(50)20(37)15-26(39)49/h17-24,27-28,47H,6-16,37H2,1-5H3,(H2,38,48)(H2,39,49)(H,40,50)(H,41,52)(H,42,54)(H,43,53)(H,44,51)(H,57,58)/t18-,19+,20+,21+,22+,23+,24+,27+,28+/m0/s1. The Balaban J connectivity index is 2.15. The quantitative estimate of drug-likeness (QED) is 0.0494. The van der Waals surface area contributed by atoms with Crippen molar-refractivity contribution in [2.45, 2.75) is 134 Å². The summed E-state index contributed by atoms with van der Waals surface area (Å²) >= 11 is 0. The highest BCUT2D eigenvalue weighted by Crippen LogP contribution is 2.23. The molecule has 9 amide bonds. The van der Waals surface area contributed by atoms with Crippen LogP contribution in [0.25, 0.3) is 0 Å². The van der Waals surface area contributed by atoms with Crippen LogP contribution in [-0.4, -0.2) is 147 Å². The summed E-state index contributed by atoms with van der Waals surface area (Å²) in [4.78, 5) is 130. The molecular formula is C36H60N10O12. The molecule has 2 rings (SSSR count). The highest BCUT2D eigenvalue weighted by molar-refractivity contribution is 5.98. The SMILES string of the molecule is CC[C@H](C)[C@@H](NC(=O)[C@@H](CO)NC(=O)[C@H](NC(=O)[C@H]1CCCN1C(=O)[C@@H](C)NC(=O)[C@H](N)CC(N)=O)C(C)C)C(=O)N1CCC[C@@H]1C(=O)N[C@H](CCC(N)=O)C(=O)O. The van der Waals surface area contributed by atoms with Crippen molar-refractivity contribution in [3.63, 3.8) is 0 Å². The van der Waals surface area contributed by atoms with Gasteiger partial charge in [0.15, 0.2) is 0 Å². The smallest absolute Gasteiger partial charge is 0.326 e. The predicted molar refractivity (Wildman–Crippen MR) is 204 cm³/mol. The van der Waals surface area contributed by atoms with Crippen LogP contribution < -0.4 is 43.8 Å². The Bertz CT molecular complexity index is 1560. The first-order valence-electron chi connectivity index (χ1n) is 19.4. The van der Waals surface area contributed by atoms with Crippen molar-refractivity contribution < 1.29 is 58.2 Å². The number of carboxylic acid groups (broad SMARTS) is 1. The monoisotopic (exact) mass is 824 g/mol. The van der Waals surface area contributed by atoms with Gasteiger partial charge in [0.25, 0.3) is 0 Å². The van der Waals surface area contributed by atoms with Crippen LogP contribution in [0.5, 0.6) is 0 Å². The van der Waals surface area contributed by atoms with Gasteiger partial charge in [-0.2, -0.15) is 0 Å². The van der Waals surface area contributed by atoms with Crippen LogP contribution in [0.1, 0.15) is 86.0 Å². The van der Waals surface area contributed by atoms with Crippen LogP contribution in [0, 0.1) is 11.8 Å². The van der Waals surface area contributed by atoms with E-state index in [4.69, 9.17) is 17.2 Å². The van der Waals surface area contributed by atoms with Crippen LogP contribution in [0.3, 0.4) is 0 Å². The molecule has 0 saturated carbocycles. The average Bonchev–Trinajstić information content (AvgIpc) is 3.86. The van der Waals surface area contributed by atoms with Gasteiger partial charge in [0.1, 0.15) is 42.3 Å². The fourth-order valence-corrected chi connectivity index (χ4v) is 6.71. The zero-order valence-corrected chi connectivity index (χ0v) is 33.7. The number of nitrogens with one attached hydrogen (secondary N) is 5. The summed E-state index contributed by atoms with van der Waals surface area (Å²) in [5, 5.41) is 32.2. The Morgan fingerprint density at radius 3 is 1.72 bits per heavy atom. The second-order valence-electron chi connectivity index (χ2n) is 15.1. The van der Waals surface area contributed by atoms with E-state index in [2.05, 4.69) is 26.6 Å². The molecule has 326 valence electrons. The lowest BCUT2D eigenvalue weighted by Gasteiger charge is -2.33. The molecule has 58 heavy (non-hydrogen) atoms. The van der Waals surface area contributed by atoms with E-state index in [9.17, 15) is 58.2 Å². The van der Waals surface area contributed by atoms with Gasteiger partial charge in [0, 0.05) is 19.5 Å². The second-order valence-corrected chi connectivity index (χ2v) is 15.1. The van der Waals surface area contributed by atoms with Gasteiger partial charge in [-0.05, 0) is 50.9 Å². The minimum Gasteiger partial charge on any atom is -0.480 e. The van der Waals surface area contributed by atoms with Gasteiger partial charge in [-0.25, -0.2) is 4.79 Å². The van der Waals surface area contributed by atoms with E-state index < -0.39 is 132 Å². The minimum atomic E-state index is -1.58. The Morgan fingerprint density at radius 2 is 1.24 bits per heavy atom. The van der Waals surface area contributed by atoms with E-state index in [1.165, 1.54) is 16.7 Å². The summed E-state index contributed by atoms with van der Waals surface area (Å²) in [5.41, 5.74) is 15.9. The van der Waals surface area contributed by atoms with Crippen molar-refractivity contribution in [1.29, 1.82) is 0 Å². The van der Waals surface area contributed by atoms with Crippen LogP contribution in [0.15, 0.2) is 0 Å². The van der Waals surface area contributed by atoms with Gasteiger partial charge < -0.3 is 63.8 Å². The molecule has 2 aliphatic heterocycles. The summed E-state index contributed by atoms with van der Waals surface area (Å²) in [6, 6.07) is -9.96. The molecule has 2 saturated heterocycles. The fourth-order valence-electron chi connectivity index (χ4n) is 6.71. The maximum atomic E-state index is 13.9. The van der Waals surface area contributed by atoms with Crippen LogP contribution in [0.2, 0.25) is 0 Å². The zero-order valence-electron chi connectivity index (χ0n) is 33.7. The first-order chi connectivity index (χ1) is 27.1. The maximum Gasteiger partial charge on any atom is 0.326 e. The molecule has 22 nitrogen and oxygen atoms in total. The number of carbonyl (C=O) groups is 10. The lowest BCUT2D eigenvalue weighted by Crippen LogP contribution is -2.62. The Hall–Kier alpha value is -5.38.